The second kappa shape index (κ2) is 5.80. The summed E-state index contributed by atoms with van der Waals surface area (Å²) in [6.45, 7) is 5.04. The minimum absolute atomic E-state index is 0.0424. The minimum atomic E-state index is -0.0424. The monoisotopic (exact) mass is 265 g/mol. The molecule has 1 aliphatic rings. The predicted octanol–water partition coefficient (Wildman–Crippen LogP) is 2.40. The smallest absolute Gasteiger partial charge is 0.160 e. The lowest BCUT2D eigenvalue weighted by molar-refractivity contribution is -0.0527. The quantitative estimate of drug-likeness (QED) is 0.907. The van der Waals surface area contributed by atoms with Crippen LogP contribution in [0.15, 0.2) is 18.2 Å². The minimum Gasteiger partial charge on any atom is -0.504 e. The zero-order chi connectivity index (χ0) is 13.9. The summed E-state index contributed by atoms with van der Waals surface area (Å²) in [6, 6.07) is 5.53. The number of nitrogens with zero attached hydrogens (tertiary/aromatic N) is 1. The van der Waals surface area contributed by atoms with Crippen molar-refractivity contribution in [1.29, 1.82) is 0 Å². The van der Waals surface area contributed by atoms with Gasteiger partial charge in [-0.1, -0.05) is 6.07 Å². The molecule has 1 N–H and O–H groups in total. The van der Waals surface area contributed by atoms with Crippen molar-refractivity contribution in [3.63, 3.8) is 0 Å². The standard InChI is InChI=1S/C15H23NO3/c1-15(19-3)7-4-8-16(11-15)10-12-5-6-13(17)14(9-12)18-2/h5-6,9,17H,4,7-8,10-11H2,1-3H3. The van der Waals surface area contributed by atoms with E-state index in [1.807, 2.05) is 12.1 Å². The Morgan fingerprint density at radius 3 is 2.84 bits per heavy atom. The molecule has 4 heteroatoms. The van der Waals surface area contributed by atoms with Gasteiger partial charge in [-0.15, -0.1) is 0 Å². The molecule has 0 bridgehead atoms. The summed E-state index contributed by atoms with van der Waals surface area (Å²) in [5, 5.41) is 9.60. The molecular weight excluding hydrogens is 242 g/mol. The lowest BCUT2D eigenvalue weighted by Gasteiger charge is -2.39. The van der Waals surface area contributed by atoms with Crippen molar-refractivity contribution in [2.24, 2.45) is 0 Å². The molecule has 1 unspecified atom stereocenters. The van der Waals surface area contributed by atoms with E-state index in [1.54, 1.807) is 20.3 Å². The Labute approximate surface area is 114 Å². The van der Waals surface area contributed by atoms with Crippen molar-refractivity contribution < 1.29 is 14.6 Å². The number of piperidine rings is 1. The first-order valence-corrected chi connectivity index (χ1v) is 6.70. The van der Waals surface area contributed by atoms with Crippen molar-refractivity contribution in [2.45, 2.75) is 31.9 Å². The van der Waals surface area contributed by atoms with Crippen LogP contribution in [-0.2, 0) is 11.3 Å². The van der Waals surface area contributed by atoms with Crippen LogP contribution in [0.2, 0.25) is 0 Å². The Balaban J connectivity index is 2.04. The number of rotatable bonds is 4. The Hall–Kier alpha value is -1.26. The van der Waals surface area contributed by atoms with Crippen LogP contribution in [0, 0.1) is 0 Å². The van der Waals surface area contributed by atoms with Gasteiger partial charge in [0.2, 0.25) is 0 Å². The number of methoxy groups -OCH3 is 2. The average Bonchev–Trinajstić information content (AvgIpc) is 2.41. The van der Waals surface area contributed by atoms with Crippen molar-refractivity contribution in [3.05, 3.63) is 23.8 Å². The van der Waals surface area contributed by atoms with E-state index in [1.165, 1.54) is 0 Å². The van der Waals surface area contributed by atoms with Crippen LogP contribution in [0.25, 0.3) is 0 Å². The molecule has 1 atom stereocenters. The number of phenols is 1. The maximum atomic E-state index is 9.60. The Bertz CT molecular complexity index is 435. The molecule has 0 aromatic heterocycles. The highest BCUT2D eigenvalue weighted by atomic mass is 16.5. The fourth-order valence-corrected chi connectivity index (χ4v) is 2.69. The lowest BCUT2D eigenvalue weighted by atomic mass is 9.94. The number of likely N-dealkylation sites (tertiary alicyclic amines) is 1. The second-order valence-corrected chi connectivity index (χ2v) is 5.47. The van der Waals surface area contributed by atoms with Crippen molar-refractivity contribution in [3.8, 4) is 11.5 Å². The highest BCUT2D eigenvalue weighted by Crippen LogP contribution is 2.29. The molecule has 0 spiro atoms. The first-order valence-electron chi connectivity index (χ1n) is 6.70. The summed E-state index contributed by atoms with van der Waals surface area (Å²) in [4.78, 5) is 2.39. The zero-order valence-corrected chi connectivity index (χ0v) is 12.0. The van der Waals surface area contributed by atoms with Gasteiger partial charge in [-0.25, -0.2) is 0 Å². The molecule has 0 radical (unpaired) electrons. The van der Waals surface area contributed by atoms with Crippen LogP contribution < -0.4 is 4.74 Å². The summed E-state index contributed by atoms with van der Waals surface area (Å²) in [5.74, 6) is 0.718. The predicted molar refractivity (Wildman–Crippen MR) is 74.6 cm³/mol. The van der Waals surface area contributed by atoms with E-state index in [0.717, 1.165) is 38.0 Å². The van der Waals surface area contributed by atoms with Crippen LogP contribution in [0.5, 0.6) is 11.5 Å². The van der Waals surface area contributed by atoms with E-state index >= 15 is 0 Å². The van der Waals surface area contributed by atoms with Gasteiger partial charge >= 0.3 is 0 Å². The second-order valence-electron chi connectivity index (χ2n) is 5.47. The van der Waals surface area contributed by atoms with Gasteiger partial charge in [-0.3, -0.25) is 4.90 Å². The molecule has 1 saturated heterocycles. The van der Waals surface area contributed by atoms with Crippen LogP contribution in [0.3, 0.4) is 0 Å². The Kier molecular flexibility index (Phi) is 4.32. The SMILES string of the molecule is COc1cc(CN2CCCC(C)(OC)C2)ccc1O. The molecule has 1 aromatic rings. The molecule has 2 rings (SSSR count). The third kappa shape index (κ3) is 3.39. The normalized spacial score (nSPS) is 24.4. The van der Waals surface area contributed by atoms with Gasteiger partial charge in [0.05, 0.1) is 12.7 Å². The first-order chi connectivity index (χ1) is 9.06. The molecule has 1 heterocycles. The van der Waals surface area contributed by atoms with Gasteiger partial charge in [0.15, 0.2) is 11.5 Å². The fraction of sp³-hybridized carbons (Fsp3) is 0.600. The molecule has 0 saturated carbocycles. The van der Waals surface area contributed by atoms with Gasteiger partial charge < -0.3 is 14.6 Å². The number of hydrogen-bond donors (Lipinski definition) is 1. The third-order valence-corrected chi connectivity index (χ3v) is 3.88. The molecule has 106 valence electrons. The molecule has 1 aliphatic heterocycles. The molecule has 1 fully saturated rings. The largest absolute Gasteiger partial charge is 0.504 e. The van der Waals surface area contributed by atoms with E-state index in [-0.39, 0.29) is 11.4 Å². The number of aromatic hydroxyl groups is 1. The Morgan fingerprint density at radius 2 is 2.16 bits per heavy atom. The van der Waals surface area contributed by atoms with Gasteiger partial charge in [-0.05, 0) is 44.0 Å². The van der Waals surface area contributed by atoms with E-state index in [4.69, 9.17) is 9.47 Å². The molecule has 19 heavy (non-hydrogen) atoms. The van der Waals surface area contributed by atoms with Gasteiger partial charge in [0.1, 0.15) is 0 Å². The fourth-order valence-electron chi connectivity index (χ4n) is 2.69. The maximum Gasteiger partial charge on any atom is 0.160 e. The summed E-state index contributed by atoms with van der Waals surface area (Å²) in [5.41, 5.74) is 1.11. The van der Waals surface area contributed by atoms with E-state index in [9.17, 15) is 5.11 Å². The van der Waals surface area contributed by atoms with E-state index in [0.29, 0.717) is 5.75 Å². The van der Waals surface area contributed by atoms with Gasteiger partial charge in [0, 0.05) is 20.2 Å². The number of phenolic OH excluding ortho intramolecular Hbond substituents is 1. The Morgan fingerprint density at radius 1 is 1.37 bits per heavy atom. The van der Waals surface area contributed by atoms with Gasteiger partial charge in [0.25, 0.3) is 0 Å². The highest BCUT2D eigenvalue weighted by Gasteiger charge is 2.30. The molecular formula is C15H23NO3. The number of benzene rings is 1. The number of hydrogen-bond acceptors (Lipinski definition) is 4. The highest BCUT2D eigenvalue weighted by molar-refractivity contribution is 5.41. The summed E-state index contributed by atoms with van der Waals surface area (Å²) in [7, 11) is 3.36. The van der Waals surface area contributed by atoms with Crippen molar-refractivity contribution >= 4 is 0 Å². The topological polar surface area (TPSA) is 41.9 Å². The van der Waals surface area contributed by atoms with Crippen molar-refractivity contribution in [1.82, 2.24) is 4.90 Å². The summed E-state index contributed by atoms with van der Waals surface area (Å²) < 4.78 is 10.7. The maximum absolute atomic E-state index is 9.60. The third-order valence-electron chi connectivity index (χ3n) is 3.88. The molecule has 0 aliphatic carbocycles. The van der Waals surface area contributed by atoms with Crippen LogP contribution in [0.1, 0.15) is 25.3 Å². The molecule has 1 aromatic carbocycles. The molecule has 0 amide bonds. The van der Waals surface area contributed by atoms with E-state index in [2.05, 4.69) is 11.8 Å². The lowest BCUT2D eigenvalue weighted by Crippen LogP contribution is -2.46. The van der Waals surface area contributed by atoms with Gasteiger partial charge in [-0.2, -0.15) is 0 Å². The first kappa shape index (κ1) is 14.2. The number of ether oxygens (including phenoxy) is 2. The summed E-state index contributed by atoms with van der Waals surface area (Å²) >= 11 is 0. The van der Waals surface area contributed by atoms with E-state index < -0.39 is 0 Å². The zero-order valence-electron chi connectivity index (χ0n) is 12.0. The van der Waals surface area contributed by atoms with Crippen LogP contribution in [-0.4, -0.2) is 42.9 Å². The molecule has 4 nitrogen and oxygen atoms in total. The van der Waals surface area contributed by atoms with Crippen molar-refractivity contribution in [2.75, 3.05) is 27.3 Å². The average molecular weight is 265 g/mol. The van der Waals surface area contributed by atoms with Crippen LogP contribution in [0.4, 0.5) is 0 Å². The van der Waals surface area contributed by atoms with Crippen LogP contribution >= 0.6 is 0 Å². The summed E-state index contributed by atoms with van der Waals surface area (Å²) in [6.07, 6.45) is 2.26.